The maximum absolute atomic E-state index is 12.7. The number of hydrogen-bond acceptors (Lipinski definition) is 3. The molecule has 17 heavy (non-hydrogen) atoms. The summed E-state index contributed by atoms with van der Waals surface area (Å²) in [7, 11) is 0. The maximum Gasteiger partial charge on any atom is 0.311 e. The second kappa shape index (κ2) is 6.23. The smallest absolute Gasteiger partial charge is 0.311 e. The van der Waals surface area contributed by atoms with Gasteiger partial charge in [-0.2, -0.15) is 0 Å². The quantitative estimate of drug-likeness (QED) is 0.474. The summed E-state index contributed by atoms with van der Waals surface area (Å²) < 4.78 is 30.3. The Kier molecular flexibility index (Phi) is 5.23. The Morgan fingerprint density at radius 2 is 2.24 bits per heavy atom. The van der Waals surface area contributed by atoms with E-state index in [-0.39, 0.29) is 15.7 Å². The minimum atomic E-state index is -2.55. The molecule has 0 bridgehead atoms. The van der Waals surface area contributed by atoms with Gasteiger partial charge in [-0.1, -0.05) is 0 Å². The van der Waals surface area contributed by atoms with E-state index in [1.807, 2.05) is 0 Å². The summed E-state index contributed by atoms with van der Waals surface area (Å²) in [6.07, 6.45) is -2.54. The number of halogens is 3. The van der Waals surface area contributed by atoms with Crippen LogP contribution in [0.25, 0.3) is 0 Å². The second-order valence-corrected chi connectivity index (χ2v) is 4.44. The zero-order valence-corrected chi connectivity index (χ0v) is 11.6. The Balaban J connectivity index is 2.94. The van der Waals surface area contributed by atoms with Crippen LogP contribution in [0, 0.1) is 10.6 Å². The van der Waals surface area contributed by atoms with Crippen LogP contribution in [-0.4, -0.2) is 17.6 Å². The van der Waals surface area contributed by atoms with Gasteiger partial charge in [0.05, 0.1) is 24.3 Å². The van der Waals surface area contributed by atoms with Crippen molar-refractivity contribution >= 4 is 28.6 Å². The molecule has 0 aromatic carbocycles. The van der Waals surface area contributed by atoms with Gasteiger partial charge in [-0.3, -0.25) is 4.79 Å². The van der Waals surface area contributed by atoms with Gasteiger partial charge in [-0.15, -0.1) is 0 Å². The minimum absolute atomic E-state index is 0.00813. The molecule has 3 nitrogen and oxygen atoms in total. The number of pyridine rings is 1. The SMILES string of the molecule is CCOC(=O)Cc1cc(C)c(C(F)F)c(I)n1. The zero-order chi connectivity index (χ0) is 13.0. The van der Waals surface area contributed by atoms with Gasteiger partial charge in [0.2, 0.25) is 0 Å². The van der Waals surface area contributed by atoms with E-state index < -0.39 is 12.4 Å². The number of carbonyl (C=O) groups excluding carboxylic acids is 1. The van der Waals surface area contributed by atoms with Crippen LogP contribution >= 0.6 is 22.6 Å². The molecule has 0 saturated carbocycles. The Morgan fingerprint density at radius 1 is 1.59 bits per heavy atom. The van der Waals surface area contributed by atoms with Crippen molar-refractivity contribution < 1.29 is 18.3 Å². The molecule has 0 radical (unpaired) electrons. The molecular formula is C11H12F2INO2. The highest BCUT2D eigenvalue weighted by atomic mass is 127. The van der Waals surface area contributed by atoms with Crippen LogP contribution in [0.2, 0.25) is 0 Å². The van der Waals surface area contributed by atoms with Crippen molar-refractivity contribution in [3.05, 3.63) is 26.6 Å². The molecule has 1 aromatic heterocycles. The minimum Gasteiger partial charge on any atom is -0.466 e. The normalized spacial score (nSPS) is 10.7. The fourth-order valence-corrected chi connectivity index (χ4v) is 2.39. The summed E-state index contributed by atoms with van der Waals surface area (Å²) in [5.41, 5.74) is 0.826. The molecule has 0 fully saturated rings. The average molecular weight is 355 g/mol. The number of aromatic nitrogens is 1. The average Bonchev–Trinajstić information content (AvgIpc) is 2.15. The van der Waals surface area contributed by atoms with Gasteiger partial charge in [0.25, 0.3) is 6.43 Å². The molecule has 1 aromatic rings. The van der Waals surface area contributed by atoms with Gasteiger partial charge in [0.15, 0.2) is 0 Å². The first kappa shape index (κ1) is 14.3. The Labute approximate surface area is 112 Å². The standard InChI is InChI=1S/C11H12F2INO2/c1-3-17-8(16)5-7-4-6(2)9(10(12)13)11(14)15-7/h4,10H,3,5H2,1-2H3. The topological polar surface area (TPSA) is 39.2 Å². The lowest BCUT2D eigenvalue weighted by atomic mass is 10.1. The summed E-state index contributed by atoms with van der Waals surface area (Å²) in [5, 5.41) is 0. The molecule has 6 heteroatoms. The first-order chi connectivity index (χ1) is 7.95. The largest absolute Gasteiger partial charge is 0.466 e. The van der Waals surface area contributed by atoms with Crippen molar-refractivity contribution in [2.45, 2.75) is 26.7 Å². The third-order valence-electron chi connectivity index (χ3n) is 2.12. The van der Waals surface area contributed by atoms with Crippen molar-refractivity contribution in [3.8, 4) is 0 Å². The molecule has 94 valence electrons. The summed E-state index contributed by atoms with van der Waals surface area (Å²) in [6.45, 7) is 3.59. The van der Waals surface area contributed by atoms with Crippen LogP contribution in [0.1, 0.15) is 30.2 Å². The van der Waals surface area contributed by atoms with Crippen LogP contribution in [0.4, 0.5) is 8.78 Å². The van der Waals surface area contributed by atoms with Crippen molar-refractivity contribution in [3.63, 3.8) is 0 Å². The highest BCUT2D eigenvalue weighted by Gasteiger charge is 2.17. The van der Waals surface area contributed by atoms with Gasteiger partial charge in [0, 0.05) is 0 Å². The summed E-state index contributed by atoms with van der Waals surface area (Å²) >= 11 is 1.75. The fraction of sp³-hybridized carbons (Fsp3) is 0.455. The van der Waals surface area contributed by atoms with Gasteiger partial charge in [0.1, 0.15) is 3.70 Å². The number of carbonyl (C=O) groups is 1. The Hall–Kier alpha value is -0.790. The van der Waals surface area contributed by atoms with Crippen LogP contribution in [-0.2, 0) is 16.0 Å². The third kappa shape index (κ3) is 3.86. The first-order valence-corrected chi connectivity index (χ1v) is 6.13. The van der Waals surface area contributed by atoms with Gasteiger partial charge in [-0.05, 0) is 48.1 Å². The Bertz CT molecular complexity index is 401. The number of esters is 1. The maximum atomic E-state index is 12.7. The number of nitrogens with zero attached hydrogens (tertiary/aromatic N) is 1. The molecule has 0 spiro atoms. The molecule has 0 N–H and O–H groups in total. The van der Waals surface area contributed by atoms with Crippen molar-refractivity contribution in [1.29, 1.82) is 0 Å². The number of aryl methyl sites for hydroxylation is 1. The lowest BCUT2D eigenvalue weighted by Gasteiger charge is -2.09. The molecule has 0 aliphatic heterocycles. The van der Waals surface area contributed by atoms with E-state index in [1.165, 1.54) is 6.07 Å². The molecule has 0 saturated heterocycles. The number of hydrogen-bond donors (Lipinski definition) is 0. The number of rotatable bonds is 4. The molecule has 1 rings (SSSR count). The van der Waals surface area contributed by atoms with Crippen molar-refractivity contribution in [2.75, 3.05) is 6.61 Å². The fourth-order valence-electron chi connectivity index (χ4n) is 1.42. The summed E-state index contributed by atoms with van der Waals surface area (Å²) in [6, 6.07) is 1.50. The van der Waals surface area contributed by atoms with E-state index in [4.69, 9.17) is 4.74 Å². The van der Waals surface area contributed by atoms with Gasteiger partial charge < -0.3 is 4.74 Å². The molecule has 0 aliphatic rings. The van der Waals surface area contributed by atoms with Crippen molar-refractivity contribution in [2.24, 2.45) is 0 Å². The number of alkyl halides is 2. The van der Waals surface area contributed by atoms with Crippen LogP contribution in [0.5, 0.6) is 0 Å². The summed E-state index contributed by atoms with van der Waals surface area (Å²) in [5.74, 6) is -0.403. The molecule has 1 heterocycles. The second-order valence-electron chi connectivity index (χ2n) is 3.42. The highest BCUT2D eigenvalue weighted by Crippen LogP contribution is 2.27. The van der Waals surface area contributed by atoms with E-state index in [0.717, 1.165) is 0 Å². The van der Waals surface area contributed by atoms with E-state index in [2.05, 4.69) is 4.98 Å². The molecule has 0 aliphatic carbocycles. The van der Waals surface area contributed by atoms with E-state index in [9.17, 15) is 13.6 Å². The molecule has 0 amide bonds. The van der Waals surface area contributed by atoms with E-state index in [1.54, 1.807) is 36.4 Å². The monoisotopic (exact) mass is 355 g/mol. The number of ether oxygens (including phenoxy) is 1. The molecular weight excluding hydrogens is 343 g/mol. The first-order valence-electron chi connectivity index (χ1n) is 5.05. The predicted molar refractivity (Wildman–Crippen MR) is 67.0 cm³/mol. The highest BCUT2D eigenvalue weighted by molar-refractivity contribution is 14.1. The van der Waals surface area contributed by atoms with Crippen molar-refractivity contribution in [1.82, 2.24) is 4.98 Å². The third-order valence-corrected chi connectivity index (χ3v) is 2.94. The van der Waals surface area contributed by atoms with Gasteiger partial charge >= 0.3 is 5.97 Å². The van der Waals surface area contributed by atoms with Gasteiger partial charge in [-0.25, -0.2) is 13.8 Å². The Morgan fingerprint density at radius 3 is 2.71 bits per heavy atom. The van der Waals surface area contributed by atoms with E-state index in [0.29, 0.717) is 17.9 Å². The predicted octanol–water partition coefficient (Wildman–Crippen LogP) is 3.04. The van der Waals surface area contributed by atoms with E-state index >= 15 is 0 Å². The lowest BCUT2D eigenvalue weighted by Crippen LogP contribution is -2.10. The molecule has 0 unspecified atom stereocenters. The zero-order valence-electron chi connectivity index (χ0n) is 9.47. The van der Waals surface area contributed by atoms with Crippen LogP contribution in [0.15, 0.2) is 6.07 Å². The lowest BCUT2D eigenvalue weighted by molar-refractivity contribution is -0.142. The van der Waals surface area contributed by atoms with Crippen LogP contribution in [0.3, 0.4) is 0 Å². The summed E-state index contributed by atoms with van der Waals surface area (Å²) in [4.78, 5) is 15.2. The van der Waals surface area contributed by atoms with Crippen LogP contribution < -0.4 is 0 Å². The molecule has 0 atom stereocenters.